The summed E-state index contributed by atoms with van der Waals surface area (Å²) in [6, 6.07) is 7.80. The van der Waals surface area contributed by atoms with Gasteiger partial charge in [-0.3, -0.25) is 0 Å². The van der Waals surface area contributed by atoms with Gasteiger partial charge < -0.3 is 15.8 Å². The van der Waals surface area contributed by atoms with Gasteiger partial charge in [0, 0.05) is 17.1 Å². The Morgan fingerprint density at radius 1 is 1.47 bits per heavy atom. The van der Waals surface area contributed by atoms with Crippen molar-refractivity contribution in [1.29, 1.82) is 0 Å². The van der Waals surface area contributed by atoms with Crippen LogP contribution in [0.5, 0.6) is 5.75 Å². The summed E-state index contributed by atoms with van der Waals surface area (Å²) < 4.78 is 5.53. The quantitative estimate of drug-likeness (QED) is 0.650. The molecule has 0 aliphatic heterocycles. The Morgan fingerprint density at radius 3 is 3.05 bits per heavy atom. The highest BCUT2D eigenvalue weighted by Crippen LogP contribution is 2.18. The lowest BCUT2D eigenvalue weighted by Crippen LogP contribution is -2.22. The standard InChI is InChI=1S/C13H16N4OS/c1-2-18-11-6-4-3-5-10(11)9-16-12(14)17-13-15-7-8-19-13/h3-8H,2,9H2,1H3,(H3,14,15,16,17). The molecule has 3 N–H and O–H groups in total. The molecule has 100 valence electrons. The molecular weight excluding hydrogens is 260 g/mol. The van der Waals surface area contributed by atoms with Crippen LogP contribution < -0.4 is 15.8 Å². The number of benzene rings is 1. The molecule has 0 amide bonds. The van der Waals surface area contributed by atoms with Crippen LogP contribution in [0.1, 0.15) is 12.5 Å². The first-order valence-corrected chi connectivity index (χ1v) is 6.84. The normalized spacial score (nSPS) is 11.3. The van der Waals surface area contributed by atoms with E-state index >= 15 is 0 Å². The third-order valence-electron chi connectivity index (χ3n) is 2.36. The zero-order valence-corrected chi connectivity index (χ0v) is 11.5. The Labute approximate surface area is 116 Å². The molecule has 0 atom stereocenters. The molecule has 0 fully saturated rings. The molecule has 19 heavy (non-hydrogen) atoms. The third kappa shape index (κ3) is 3.96. The monoisotopic (exact) mass is 276 g/mol. The van der Waals surface area contributed by atoms with E-state index in [2.05, 4.69) is 15.3 Å². The summed E-state index contributed by atoms with van der Waals surface area (Å²) in [7, 11) is 0. The Morgan fingerprint density at radius 2 is 2.32 bits per heavy atom. The molecule has 2 aromatic rings. The number of nitrogens with two attached hydrogens (primary N) is 1. The molecule has 0 spiro atoms. The molecule has 2 rings (SSSR count). The molecule has 0 bridgehead atoms. The average molecular weight is 276 g/mol. The van der Waals surface area contributed by atoms with Crippen molar-refractivity contribution < 1.29 is 4.74 Å². The number of para-hydroxylation sites is 1. The van der Waals surface area contributed by atoms with Crippen LogP contribution in [0.2, 0.25) is 0 Å². The second kappa shape index (κ2) is 6.75. The molecule has 6 heteroatoms. The smallest absolute Gasteiger partial charge is 0.195 e. The van der Waals surface area contributed by atoms with Crippen molar-refractivity contribution in [3.63, 3.8) is 0 Å². The minimum atomic E-state index is 0.348. The average Bonchev–Trinajstić information content (AvgIpc) is 2.91. The molecule has 0 aliphatic rings. The first-order chi connectivity index (χ1) is 9.29. The Hall–Kier alpha value is -2.08. The van der Waals surface area contributed by atoms with E-state index in [1.54, 1.807) is 6.20 Å². The highest BCUT2D eigenvalue weighted by Gasteiger charge is 2.02. The van der Waals surface area contributed by atoms with Crippen molar-refractivity contribution in [2.24, 2.45) is 10.7 Å². The van der Waals surface area contributed by atoms with Crippen molar-refractivity contribution in [3.05, 3.63) is 41.4 Å². The summed E-state index contributed by atoms with van der Waals surface area (Å²) in [5.74, 6) is 1.19. The van der Waals surface area contributed by atoms with Crippen molar-refractivity contribution in [1.82, 2.24) is 4.98 Å². The summed E-state index contributed by atoms with van der Waals surface area (Å²) >= 11 is 1.48. The van der Waals surface area contributed by atoms with Gasteiger partial charge >= 0.3 is 0 Å². The lowest BCUT2D eigenvalue weighted by Gasteiger charge is -2.08. The van der Waals surface area contributed by atoms with E-state index in [1.165, 1.54) is 11.3 Å². The third-order valence-corrected chi connectivity index (χ3v) is 3.05. The second-order valence-electron chi connectivity index (χ2n) is 3.70. The van der Waals surface area contributed by atoms with Crippen LogP contribution >= 0.6 is 11.3 Å². The van der Waals surface area contributed by atoms with Crippen molar-refractivity contribution >= 4 is 22.4 Å². The number of hydrogen-bond acceptors (Lipinski definition) is 4. The molecule has 1 aromatic heterocycles. The number of aliphatic imine (C=N–C) groups is 1. The fourth-order valence-electron chi connectivity index (χ4n) is 1.54. The lowest BCUT2D eigenvalue weighted by molar-refractivity contribution is 0.336. The van der Waals surface area contributed by atoms with Crippen LogP contribution in [0.3, 0.4) is 0 Å². The van der Waals surface area contributed by atoms with Gasteiger partial charge in [0.05, 0.1) is 13.2 Å². The number of ether oxygens (including phenoxy) is 1. The highest BCUT2D eigenvalue weighted by molar-refractivity contribution is 7.13. The molecule has 0 saturated carbocycles. The molecule has 0 radical (unpaired) electrons. The van der Waals surface area contributed by atoms with Gasteiger partial charge in [-0.15, -0.1) is 11.3 Å². The van der Waals surface area contributed by atoms with Gasteiger partial charge in [-0.1, -0.05) is 18.2 Å². The van der Waals surface area contributed by atoms with Gasteiger partial charge in [-0.2, -0.15) is 0 Å². The zero-order chi connectivity index (χ0) is 13.5. The highest BCUT2D eigenvalue weighted by atomic mass is 32.1. The van der Waals surface area contributed by atoms with E-state index in [0.717, 1.165) is 16.4 Å². The lowest BCUT2D eigenvalue weighted by atomic mass is 10.2. The minimum absolute atomic E-state index is 0.348. The number of guanidine groups is 1. The molecule has 0 unspecified atom stereocenters. The maximum Gasteiger partial charge on any atom is 0.195 e. The van der Waals surface area contributed by atoms with E-state index in [9.17, 15) is 0 Å². The summed E-state index contributed by atoms with van der Waals surface area (Å²) in [6.07, 6.45) is 1.71. The predicted octanol–water partition coefficient (Wildman–Crippen LogP) is 2.47. The maximum atomic E-state index is 5.80. The van der Waals surface area contributed by atoms with Crippen LogP contribution in [-0.4, -0.2) is 17.6 Å². The minimum Gasteiger partial charge on any atom is -0.494 e. The number of rotatable bonds is 5. The van der Waals surface area contributed by atoms with Gasteiger partial charge in [0.15, 0.2) is 11.1 Å². The van der Waals surface area contributed by atoms with E-state index in [4.69, 9.17) is 10.5 Å². The second-order valence-corrected chi connectivity index (χ2v) is 4.60. The fraction of sp³-hybridized carbons (Fsp3) is 0.231. The molecule has 1 heterocycles. The van der Waals surface area contributed by atoms with Gasteiger partial charge in [-0.05, 0) is 13.0 Å². The van der Waals surface area contributed by atoms with E-state index < -0.39 is 0 Å². The largest absolute Gasteiger partial charge is 0.494 e. The van der Waals surface area contributed by atoms with Gasteiger partial charge in [-0.25, -0.2) is 9.98 Å². The summed E-state index contributed by atoms with van der Waals surface area (Å²) in [5.41, 5.74) is 6.81. The van der Waals surface area contributed by atoms with E-state index in [1.807, 2.05) is 36.6 Å². The predicted molar refractivity (Wildman–Crippen MR) is 78.7 cm³/mol. The molecule has 5 nitrogen and oxygen atoms in total. The summed E-state index contributed by atoms with van der Waals surface area (Å²) in [6.45, 7) is 3.06. The van der Waals surface area contributed by atoms with Crippen LogP contribution in [0, 0.1) is 0 Å². The van der Waals surface area contributed by atoms with Gasteiger partial charge in [0.25, 0.3) is 0 Å². The van der Waals surface area contributed by atoms with Gasteiger partial charge in [0.2, 0.25) is 0 Å². The number of aromatic nitrogens is 1. The number of thiazole rings is 1. The molecule has 0 saturated heterocycles. The first-order valence-electron chi connectivity index (χ1n) is 5.96. The Balaban J connectivity index is 2.01. The summed E-state index contributed by atoms with van der Waals surface area (Å²) in [4.78, 5) is 8.36. The number of nitrogens with one attached hydrogen (secondary N) is 1. The van der Waals surface area contributed by atoms with Crippen LogP contribution in [0.25, 0.3) is 0 Å². The maximum absolute atomic E-state index is 5.80. The topological polar surface area (TPSA) is 72.5 Å². The number of anilines is 1. The van der Waals surface area contributed by atoms with Gasteiger partial charge in [0.1, 0.15) is 5.75 Å². The Bertz CT molecular complexity index is 539. The SMILES string of the molecule is CCOc1ccccc1CN=C(N)Nc1nccs1. The Kier molecular flexibility index (Phi) is 4.74. The molecular formula is C13H16N4OS. The summed E-state index contributed by atoms with van der Waals surface area (Å²) in [5, 5.41) is 5.55. The van der Waals surface area contributed by atoms with Crippen LogP contribution in [-0.2, 0) is 6.54 Å². The number of hydrogen-bond donors (Lipinski definition) is 2. The van der Waals surface area contributed by atoms with Crippen molar-refractivity contribution in [3.8, 4) is 5.75 Å². The fourth-order valence-corrected chi connectivity index (χ4v) is 2.07. The van der Waals surface area contributed by atoms with Crippen LogP contribution in [0.15, 0.2) is 40.8 Å². The molecule has 0 aliphatic carbocycles. The number of nitrogens with zero attached hydrogens (tertiary/aromatic N) is 2. The first kappa shape index (κ1) is 13.4. The molecule has 1 aromatic carbocycles. The van der Waals surface area contributed by atoms with E-state index in [-0.39, 0.29) is 0 Å². The van der Waals surface area contributed by atoms with Crippen LogP contribution in [0.4, 0.5) is 5.13 Å². The van der Waals surface area contributed by atoms with E-state index in [0.29, 0.717) is 19.1 Å². The van der Waals surface area contributed by atoms with Crippen molar-refractivity contribution in [2.45, 2.75) is 13.5 Å². The van der Waals surface area contributed by atoms with Crippen molar-refractivity contribution in [2.75, 3.05) is 11.9 Å². The zero-order valence-electron chi connectivity index (χ0n) is 10.7.